The second-order valence-electron chi connectivity index (χ2n) is 4.73. The van der Waals surface area contributed by atoms with E-state index < -0.39 is 0 Å². The second-order valence-corrected chi connectivity index (χ2v) is 4.73. The lowest BCUT2D eigenvalue weighted by Crippen LogP contribution is -2.35. The van der Waals surface area contributed by atoms with E-state index >= 15 is 0 Å². The summed E-state index contributed by atoms with van der Waals surface area (Å²) in [6, 6.07) is 0. The van der Waals surface area contributed by atoms with E-state index in [1.54, 1.807) is 0 Å². The Morgan fingerprint density at radius 3 is 2.50 bits per heavy atom. The Bertz CT molecular complexity index is 217. The third-order valence-corrected chi connectivity index (χ3v) is 3.74. The van der Waals surface area contributed by atoms with Crippen LogP contribution in [-0.4, -0.2) is 37.0 Å². The first-order chi connectivity index (χ1) is 6.72. The van der Waals surface area contributed by atoms with Crippen molar-refractivity contribution in [1.82, 2.24) is 10.2 Å². The number of hydrogen-bond donors (Lipinski definition) is 1. The van der Waals surface area contributed by atoms with Crippen LogP contribution in [0.4, 0.5) is 0 Å². The van der Waals surface area contributed by atoms with Gasteiger partial charge in [0.15, 0.2) is 0 Å². The molecule has 2 rings (SSSR count). The number of carbonyl (C=O) groups excluding carboxylic acids is 1. The summed E-state index contributed by atoms with van der Waals surface area (Å²) in [4.78, 5) is 14.0. The van der Waals surface area contributed by atoms with Crippen LogP contribution in [0.15, 0.2) is 0 Å². The number of fused-ring (bicyclic) bond motifs is 1. The van der Waals surface area contributed by atoms with E-state index in [0.717, 1.165) is 44.4 Å². The van der Waals surface area contributed by atoms with Gasteiger partial charge in [-0.05, 0) is 18.3 Å². The van der Waals surface area contributed by atoms with Crippen LogP contribution in [0.25, 0.3) is 0 Å². The minimum absolute atomic E-state index is 0.210. The first-order valence-corrected chi connectivity index (χ1v) is 5.72. The van der Waals surface area contributed by atoms with E-state index in [4.69, 9.17) is 0 Å². The average molecular weight is 196 g/mol. The van der Waals surface area contributed by atoms with E-state index in [2.05, 4.69) is 17.1 Å². The molecule has 2 fully saturated rings. The summed E-state index contributed by atoms with van der Waals surface area (Å²) in [5.41, 5.74) is 0. The van der Waals surface area contributed by atoms with Crippen molar-refractivity contribution in [3.05, 3.63) is 0 Å². The molecule has 0 bridgehead atoms. The van der Waals surface area contributed by atoms with Crippen LogP contribution in [0.5, 0.6) is 0 Å². The fourth-order valence-electron chi connectivity index (χ4n) is 2.52. The van der Waals surface area contributed by atoms with Crippen LogP contribution >= 0.6 is 0 Å². The third-order valence-electron chi connectivity index (χ3n) is 3.74. The molecule has 0 aromatic carbocycles. The molecule has 2 aliphatic rings. The Hall–Kier alpha value is -0.570. The molecule has 3 atom stereocenters. The van der Waals surface area contributed by atoms with Gasteiger partial charge in [-0.25, -0.2) is 0 Å². The van der Waals surface area contributed by atoms with Crippen LogP contribution < -0.4 is 5.32 Å². The summed E-state index contributed by atoms with van der Waals surface area (Å²) in [5, 5.41) is 3.39. The molecule has 2 heterocycles. The molecular weight excluding hydrogens is 176 g/mol. The van der Waals surface area contributed by atoms with Crippen LogP contribution in [-0.2, 0) is 4.79 Å². The minimum Gasteiger partial charge on any atom is -0.342 e. The van der Waals surface area contributed by atoms with Crippen molar-refractivity contribution in [2.24, 2.45) is 17.8 Å². The van der Waals surface area contributed by atoms with Gasteiger partial charge in [0.2, 0.25) is 5.91 Å². The zero-order valence-electron chi connectivity index (χ0n) is 9.12. The Balaban J connectivity index is 1.92. The Morgan fingerprint density at radius 2 is 2.00 bits per heavy atom. The lowest BCUT2D eigenvalue weighted by atomic mass is 10.0. The normalized spacial score (nSPS) is 33.1. The molecule has 0 saturated carbocycles. The molecule has 1 unspecified atom stereocenters. The van der Waals surface area contributed by atoms with E-state index in [0.29, 0.717) is 5.91 Å². The molecule has 0 spiro atoms. The first-order valence-electron chi connectivity index (χ1n) is 5.72. The third kappa shape index (κ3) is 1.65. The van der Waals surface area contributed by atoms with E-state index in [1.165, 1.54) is 0 Å². The van der Waals surface area contributed by atoms with Gasteiger partial charge in [0.25, 0.3) is 0 Å². The highest BCUT2D eigenvalue weighted by Gasteiger charge is 2.38. The molecule has 2 aliphatic heterocycles. The molecule has 2 saturated heterocycles. The van der Waals surface area contributed by atoms with E-state index in [9.17, 15) is 4.79 Å². The number of amides is 1. The van der Waals surface area contributed by atoms with Crippen LogP contribution in [0, 0.1) is 17.8 Å². The second kappa shape index (κ2) is 3.89. The summed E-state index contributed by atoms with van der Waals surface area (Å²) in [7, 11) is 0. The molecule has 80 valence electrons. The van der Waals surface area contributed by atoms with Gasteiger partial charge in [-0.3, -0.25) is 4.79 Å². The van der Waals surface area contributed by atoms with Gasteiger partial charge in [-0.1, -0.05) is 13.8 Å². The summed E-state index contributed by atoms with van der Waals surface area (Å²) in [5.74, 6) is 2.02. The van der Waals surface area contributed by atoms with Crippen molar-refractivity contribution in [3.63, 3.8) is 0 Å². The highest BCUT2D eigenvalue weighted by Crippen LogP contribution is 2.27. The van der Waals surface area contributed by atoms with Gasteiger partial charge in [0.05, 0.1) is 0 Å². The molecule has 0 radical (unpaired) electrons. The maximum atomic E-state index is 11.9. The molecule has 3 heteroatoms. The van der Waals surface area contributed by atoms with Gasteiger partial charge in [0.1, 0.15) is 0 Å². The van der Waals surface area contributed by atoms with Crippen molar-refractivity contribution in [2.75, 3.05) is 26.2 Å². The zero-order valence-corrected chi connectivity index (χ0v) is 9.12. The minimum atomic E-state index is 0.210. The standard InChI is InChI=1S/C11H20N2O/c1-3-8(2)11(14)13-6-9-4-12-5-10(9)7-13/h8-10,12H,3-7H2,1-2H3/t8?,9-,10+. The van der Waals surface area contributed by atoms with Crippen molar-refractivity contribution in [2.45, 2.75) is 20.3 Å². The maximum Gasteiger partial charge on any atom is 0.225 e. The first kappa shape index (κ1) is 9.97. The number of carbonyl (C=O) groups is 1. The lowest BCUT2D eigenvalue weighted by Gasteiger charge is -2.20. The number of rotatable bonds is 2. The van der Waals surface area contributed by atoms with Crippen LogP contribution in [0.2, 0.25) is 0 Å². The predicted octanol–water partition coefficient (Wildman–Crippen LogP) is 0.710. The van der Waals surface area contributed by atoms with Crippen LogP contribution in [0.3, 0.4) is 0 Å². The van der Waals surface area contributed by atoms with E-state index in [1.807, 2.05) is 6.92 Å². The Labute approximate surface area is 85.8 Å². The summed E-state index contributed by atoms with van der Waals surface area (Å²) < 4.78 is 0. The van der Waals surface area contributed by atoms with Gasteiger partial charge in [-0.15, -0.1) is 0 Å². The number of nitrogens with zero attached hydrogens (tertiary/aromatic N) is 1. The fourth-order valence-corrected chi connectivity index (χ4v) is 2.52. The lowest BCUT2D eigenvalue weighted by molar-refractivity contribution is -0.134. The molecule has 3 nitrogen and oxygen atoms in total. The largest absolute Gasteiger partial charge is 0.342 e. The predicted molar refractivity (Wildman–Crippen MR) is 55.9 cm³/mol. The molecule has 0 aromatic rings. The molecule has 1 amide bonds. The molecule has 1 N–H and O–H groups in total. The molecule has 0 aromatic heterocycles. The Kier molecular flexibility index (Phi) is 2.77. The summed E-state index contributed by atoms with van der Waals surface area (Å²) >= 11 is 0. The van der Waals surface area contributed by atoms with Gasteiger partial charge in [0, 0.05) is 32.1 Å². The molecule has 14 heavy (non-hydrogen) atoms. The highest BCUT2D eigenvalue weighted by atomic mass is 16.2. The SMILES string of the molecule is CCC(C)C(=O)N1C[C@H]2CNC[C@H]2C1. The van der Waals surface area contributed by atoms with Gasteiger partial charge < -0.3 is 10.2 Å². The number of hydrogen-bond acceptors (Lipinski definition) is 2. The van der Waals surface area contributed by atoms with Crippen molar-refractivity contribution in [3.8, 4) is 0 Å². The monoisotopic (exact) mass is 196 g/mol. The summed E-state index contributed by atoms with van der Waals surface area (Å²) in [6.07, 6.45) is 0.961. The zero-order chi connectivity index (χ0) is 10.1. The number of nitrogens with one attached hydrogen (secondary N) is 1. The topological polar surface area (TPSA) is 32.3 Å². The van der Waals surface area contributed by atoms with E-state index in [-0.39, 0.29) is 5.92 Å². The Morgan fingerprint density at radius 1 is 1.43 bits per heavy atom. The summed E-state index contributed by atoms with van der Waals surface area (Å²) in [6.45, 7) is 8.31. The smallest absolute Gasteiger partial charge is 0.225 e. The van der Waals surface area contributed by atoms with Crippen molar-refractivity contribution < 1.29 is 4.79 Å². The number of likely N-dealkylation sites (tertiary alicyclic amines) is 1. The van der Waals surface area contributed by atoms with Crippen molar-refractivity contribution >= 4 is 5.91 Å². The van der Waals surface area contributed by atoms with Gasteiger partial charge >= 0.3 is 0 Å². The fraction of sp³-hybridized carbons (Fsp3) is 0.909. The molecule has 0 aliphatic carbocycles. The van der Waals surface area contributed by atoms with Crippen molar-refractivity contribution in [1.29, 1.82) is 0 Å². The highest BCUT2D eigenvalue weighted by molar-refractivity contribution is 5.78. The average Bonchev–Trinajstić information content (AvgIpc) is 2.74. The molecular formula is C11H20N2O. The quantitative estimate of drug-likeness (QED) is 0.705. The van der Waals surface area contributed by atoms with Gasteiger partial charge in [-0.2, -0.15) is 0 Å². The van der Waals surface area contributed by atoms with Crippen LogP contribution in [0.1, 0.15) is 20.3 Å². The maximum absolute atomic E-state index is 11.9.